The zero-order chi connectivity index (χ0) is 16.9. The van der Waals surface area contributed by atoms with Gasteiger partial charge < -0.3 is 9.80 Å². The highest BCUT2D eigenvalue weighted by atomic mass is 16.2. The molecule has 0 aliphatic carbocycles. The first-order chi connectivity index (χ1) is 11.6. The predicted molar refractivity (Wildman–Crippen MR) is 90.4 cm³/mol. The number of hydrogen-bond donors (Lipinski definition) is 0. The van der Waals surface area contributed by atoms with Gasteiger partial charge in [0, 0.05) is 51.2 Å². The van der Waals surface area contributed by atoms with E-state index in [9.17, 15) is 9.59 Å². The van der Waals surface area contributed by atoms with Gasteiger partial charge in [-0.15, -0.1) is 0 Å². The summed E-state index contributed by atoms with van der Waals surface area (Å²) in [6, 6.07) is 1.90. The normalized spacial score (nSPS) is 19.5. The zero-order valence-corrected chi connectivity index (χ0v) is 14.5. The van der Waals surface area contributed by atoms with Crippen molar-refractivity contribution in [2.24, 2.45) is 0 Å². The molecule has 2 aliphatic heterocycles. The fourth-order valence-corrected chi connectivity index (χ4v) is 3.38. The number of piperidine rings is 1. The Morgan fingerprint density at radius 1 is 0.917 bits per heavy atom. The first-order valence-corrected chi connectivity index (χ1v) is 8.90. The summed E-state index contributed by atoms with van der Waals surface area (Å²) in [4.78, 5) is 30.7. The molecule has 0 saturated carbocycles. The predicted octanol–water partition coefficient (Wildman–Crippen LogP) is 0.348. The van der Waals surface area contributed by atoms with E-state index >= 15 is 0 Å². The van der Waals surface area contributed by atoms with E-state index in [0.717, 1.165) is 44.7 Å². The van der Waals surface area contributed by atoms with Gasteiger partial charge in [0.25, 0.3) is 0 Å². The molecule has 0 atom stereocenters. The molecule has 0 N–H and O–H groups in total. The van der Waals surface area contributed by atoms with Crippen molar-refractivity contribution in [2.45, 2.75) is 32.7 Å². The molecule has 1 aromatic rings. The van der Waals surface area contributed by atoms with Crippen LogP contribution in [0.25, 0.3) is 0 Å². The summed E-state index contributed by atoms with van der Waals surface area (Å²) in [5.74, 6) is 0.338. The molecule has 24 heavy (non-hydrogen) atoms. The number of carbonyl (C=O) groups excluding carboxylic acids is 2. The van der Waals surface area contributed by atoms with Crippen LogP contribution in [0.5, 0.6) is 0 Å². The number of rotatable bonds is 4. The lowest BCUT2D eigenvalue weighted by molar-refractivity contribution is -0.136. The van der Waals surface area contributed by atoms with E-state index in [4.69, 9.17) is 0 Å². The van der Waals surface area contributed by atoms with Crippen LogP contribution in [0, 0.1) is 6.92 Å². The molecule has 2 aliphatic rings. The van der Waals surface area contributed by atoms with E-state index in [-0.39, 0.29) is 11.8 Å². The van der Waals surface area contributed by atoms with Gasteiger partial charge in [0.05, 0.1) is 6.54 Å². The number of nitrogens with zero attached hydrogens (tertiary/aromatic N) is 5. The quantitative estimate of drug-likeness (QED) is 0.798. The summed E-state index contributed by atoms with van der Waals surface area (Å²) in [6.07, 6.45) is 5.20. The molecule has 2 saturated heterocycles. The van der Waals surface area contributed by atoms with Crippen LogP contribution in [0.15, 0.2) is 12.3 Å². The Balaban J connectivity index is 1.42. The average Bonchev–Trinajstić information content (AvgIpc) is 3.01. The maximum Gasteiger partial charge on any atom is 0.244 e. The highest BCUT2D eigenvalue weighted by molar-refractivity contribution is 5.78. The van der Waals surface area contributed by atoms with Gasteiger partial charge in [-0.1, -0.05) is 0 Å². The lowest BCUT2D eigenvalue weighted by atomic mass is 10.1. The maximum atomic E-state index is 12.4. The van der Waals surface area contributed by atoms with Crippen molar-refractivity contribution in [3.8, 4) is 0 Å². The molecular weight excluding hydrogens is 306 g/mol. The smallest absolute Gasteiger partial charge is 0.244 e. The van der Waals surface area contributed by atoms with Crippen LogP contribution in [0.1, 0.15) is 25.0 Å². The summed E-state index contributed by atoms with van der Waals surface area (Å²) < 4.78 is 1.73. The largest absolute Gasteiger partial charge is 0.342 e. The van der Waals surface area contributed by atoms with Gasteiger partial charge in [-0.3, -0.25) is 19.2 Å². The van der Waals surface area contributed by atoms with Crippen LogP contribution in [0.2, 0.25) is 0 Å². The molecule has 0 unspecified atom stereocenters. The summed E-state index contributed by atoms with van der Waals surface area (Å²) in [6.45, 7) is 7.45. The second kappa shape index (κ2) is 7.79. The maximum absolute atomic E-state index is 12.4. The molecule has 3 heterocycles. The standard InChI is InChI=1S/C17H27N5O2/c1-15-5-6-18-22(15)14-17(24)21-11-9-19(10-12-21)13-16(23)20-7-3-2-4-8-20/h5-6H,2-4,7-14H2,1H3. The van der Waals surface area contributed by atoms with Crippen LogP contribution < -0.4 is 0 Å². The van der Waals surface area contributed by atoms with Crippen molar-refractivity contribution in [2.75, 3.05) is 45.8 Å². The third kappa shape index (κ3) is 4.14. The van der Waals surface area contributed by atoms with Crippen LogP contribution in [0.4, 0.5) is 0 Å². The van der Waals surface area contributed by atoms with Gasteiger partial charge in [-0.25, -0.2) is 0 Å². The molecule has 7 heteroatoms. The first-order valence-electron chi connectivity index (χ1n) is 8.90. The van der Waals surface area contributed by atoms with Gasteiger partial charge in [0.1, 0.15) is 6.54 Å². The van der Waals surface area contributed by atoms with Crippen molar-refractivity contribution in [3.63, 3.8) is 0 Å². The number of likely N-dealkylation sites (tertiary alicyclic amines) is 1. The number of hydrogen-bond acceptors (Lipinski definition) is 4. The summed E-state index contributed by atoms with van der Waals surface area (Å²) in [5.41, 5.74) is 0.995. The molecule has 2 amide bonds. The van der Waals surface area contributed by atoms with Crippen LogP contribution in [-0.2, 0) is 16.1 Å². The fourth-order valence-electron chi connectivity index (χ4n) is 3.38. The van der Waals surface area contributed by atoms with E-state index in [1.54, 1.807) is 10.9 Å². The Bertz CT molecular complexity index is 571. The zero-order valence-electron chi connectivity index (χ0n) is 14.5. The molecule has 3 rings (SSSR count). The Kier molecular flexibility index (Phi) is 5.50. The fraction of sp³-hybridized carbons (Fsp3) is 0.706. The van der Waals surface area contributed by atoms with Crippen LogP contribution >= 0.6 is 0 Å². The number of amides is 2. The molecule has 0 spiro atoms. The first kappa shape index (κ1) is 17.0. The van der Waals surface area contributed by atoms with Crippen molar-refractivity contribution in [1.29, 1.82) is 0 Å². The molecule has 0 bridgehead atoms. The molecule has 7 nitrogen and oxygen atoms in total. The van der Waals surface area contributed by atoms with Crippen molar-refractivity contribution >= 4 is 11.8 Å². The second-order valence-corrected chi connectivity index (χ2v) is 6.73. The monoisotopic (exact) mass is 333 g/mol. The van der Waals surface area contributed by atoms with Crippen LogP contribution in [0.3, 0.4) is 0 Å². The lowest BCUT2D eigenvalue weighted by Gasteiger charge is -2.36. The van der Waals surface area contributed by atoms with Crippen LogP contribution in [-0.4, -0.2) is 82.1 Å². The van der Waals surface area contributed by atoms with Crippen molar-refractivity contribution in [1.82, 2.24) is 24.5 Å². The number of aryl methyl sites for hydroxylation is 1. The minimum Gasteiger partial charge on any atom is -0.342 e. The Hall–Kier alpha value is -1.89. The average molecular weight is 333 g/mol. The summed E-state index contributed by atoms with van der Waals surface area (Å²) in [5, 5.41) is 4.17. The Labute approximate surface area is 143 Å². The molecular formula is C17H27N5O2. The van der Waals surface area contributed by atoms with Gasteiger partial charge in [-0.05, 0) is 32.3 Å². The molecule has 1 aromatic heterocycles. The highest BCUT2D eigenvalue weighted by Gasteiger charge is 2.25. The number of aromatic nitrogens is 2. The molecule has 0 aromatic carbocycles. The minimum atomic E-state index is 0.101. The second-order valence-electron chi connectivity index (χ2n) is 6.73. The number of carbonyl (C=O) groups is 2. The summed E-state index contributed by atoms with van der Waals surface area (Å²) in [7, 11) is 0. The van der Waals surface area contributed by atoms with E-state index in [0.29, 0.717) is 26.2 Å². The van der Waals surface area contributed by atoms with Gasteiger partial charge in [0.15, 0.2) is 0 Å². The highest BCUT2D eigenvalue weighted by Crippen LogP contribution is 2.10. The van der Waals surface area contributed by atoms with E-state index in [1.165, 1.54) is 6.42 Å². The van der Waals surface area contributed by atoms with Crippen molar-refractivity contribution in [3.05, 3.63) is 18.0 Å². The van der Waals surface area contributed by atoms with Gasteiger partial charge in [0.2, 0.25) is 11.8 Å². The topological polar surface area (TPSA) is 61.7 Å². The van der Waals surface area contributed by atoms with E-state index in [1.807, 2.05) is 22.8 Å². The molecule has 0 radical (unpaired) electrons. The van der Waals surface area contributed by atoms with E-state index < -0.39 is 0 Å². The number of piperazine rings is 1. The Morgan fingerprint density at radius 2 is 1.54 bits per heavy atom. The summed E-state index contributed by atoms with van der Waals surface area (Å²) >= 11 is 0. The SMILES string of the molecule is Cc1ccnn1CC(=O)N1CCN(CC(=O)N2CCCCC2)CC1. The van der Waals surface area contributed by atoms with Crippen molar-refractivity contribution < 1.29 is 9.59 Å². The lowest BCUT2D eigenvalue weighted by Crippen LogP contribution is -2.52. The molecule has 132 valence electrons. The molecule has 2 fully saturated rings. The Morgan fingerprint density at radius 3 is 2.17 bits per heavy atom. The van der Waals surface area contributed by atoms with Gasteiger partial charge >= 0.3 is 0 Å². The van der Waals surface area contributed by atoms with E-state index in [2.05, 4.69) is 10.00 Å². The third-order valence-electron chi connectivity index (χ3n) is 5.01. The minimum absolute atomic E-state index is 0.101. The van der Waals surface area contributed by atoms with Gasteiger partial charge in [-0.2, -0.15) is 5.10 Å². The third-order valence-corrected chi connectivity index (χ3v) is 5.01.